The molecule has 19 heavy (non-hydrogen) atoms. The molecule has 0 aliphatic carbocycles. The van der Waals surface area contributed by atoms with Crippen molar-refractivity contribution in [2.45, 2.75) is 13.3 Å². The number of hydrogen-bond acceptors (Lipinski definition) is 6. The highest BCUT2D eigenvalue weighted by Crippen LogP contribution is 2.19. The van der Waals surface area contributed by atoms with Crippen molar-refractivity contribution in [2.24, 2.45) is 0 Å². The topological polar surface area (TPSA) is 76.7 Å². The Morgan fingerprint density at radius 1 is 1.26 bits per heavy atom. The van der Waals surface area contributed by atoms with Crippen molar-refractivity contribution in [3.63, 3.8) is 0 Å². The first-order valence-electron chi connectivity index (χ1n) is 6.06. The van der Waals surface area contributed by atoms with Gasteiger partial charge in [-0.2, -0.15) is 15.2 Å². The number of nitrogens with zero attached hydrogens (tertiary/aromatic N) is 4. The monoisotopic (exact) mass is 255 g/mol. The van der Waals surface area contributed by atoms with Crippen molar-refractivity contribution in [1.29, 1.82) is 0 Å². The van der Waals surface area contributed by atoms with Gasteiger partial charge in [-0.1, -0.05) is 23.4 Å². The zero-order chi connectivity index (χ0) is 13.1. The van der Waals surface area contributed by atoms with E-state index in [1.54, 1.807) is 13.1 Å². The summed E-state index contributed by atoms with van der Waals surface area (Å²) in [4.78, 5) is 4.16. The Morgan fingerprint density at radius 3 is 3.00 bits per heavy atom. The van der Waals surface area contributed by atoms with Crippen LogP contribution in [-0.4, -0.2) is 26.9 Å². The normalized spacial score (nSPS) is 10.8. The van der Waals surface area contributed by atoms with Crippen LogP contribution < -0.4 is 5.32 Å². The Hall–Kier alpha value is -2.50. The van der Waals surface area contributed by atoms with Crippen molar-refractivity contribution in [1.82, 2.24) is 20.3 Å². The van der Waals surface area contributed by atoms with E-state index in [-0.39, 0.29) is 0 Å². The number of fused-ring (bicyclic) bond motifs is 1. The van der Waals surface area contributed by atoms with Crippen LogP contribution in [0.2, 0.25) is 0 Å². The highest BCUT2D eigenvalue weighted by molar-refractivity contribution is 5.90. The van der Waals surface area contributed by atoms with Crippen molar-refractivity contribution < 1.29 is 4.52 Å². The lowest BCUT2D eigenvalue weighted by Gasteiger charge is -2.06. The molecule has 0 radical (unpaired) electrons. The van der Waals surface area contributed by atoms with E-state index in [2.05, 4.69) is 25.7 Å². The fourth-order valence-electron chi connectivity index (χ4n) is 1.89. The van der Waals surface area contributed by atoms with Gasteiger partial charge in [-0.25, -0.2) is 0 Å². The number of rotatable bonds is 4. The van der Waals surface area contributed by atoms with Crippen LogP contribution in [0.5, 0.6) is 0 Å². The highest BCUT2D eigenvalue weighted by atomic mass is 16.5. The molecule has 1 aromatic carbocycles. The molecular weight excluding hydrogens is 242 g/mol. The largest absolute Gasteiger partial charge is 0.383 e. The fraction of sp³-hybridized carbons (Fsp3) is 0.231. The smallest absolute Gasteiger partial charge is 0.228 e. The summed E-state index contributed by atoms with van der Waals surface area (Å²) in [6, 6.07) is 7.89. The molecule has 6 nitrogen and oxygen atoms in total. The maximum absolute atomic E-state index is 5.06. The molecule has 0 saturated carbocycles. The zero-order valence-corrected chi connectivity index (χ0v) is 10.5. The maximum atomic E-state index is 5.06. The van der Waals surface area contributed by atoms with Gasteiger partial charge in [0.2, 0.25) is 5.89 Å². The van der Waals surface area contributed by atoms with Crippen LogP contribution in [0.1, 0.15) is 11.7 Å². The van der Waals surface area contributed by atoms with Crippen LogP contribution in [0.25, 0.3) is 10.9 Å². The average molecular weight is 255 g/mol. The van der Waals surface area contributed by atoms with Crippen LogP contribution in [-0.2, 0) is 6.42 Å². The Balaban J connectivity index is 1.71. The molecule has 0 unspecified atom stereocenters. The molecular formula is C13H13N5O. The minimum atomic E-state index is 0.635. The van der Waals surface area contributed by atoms with Crippen LogP contribution in [0.4, 0.5) is 5.69 Å². The number of hydrogen-bond donors (Lipinski definition) is 1. The Bertz CT molecular complexity index is 689. The summed E-state index contributed by atoms with van der Waals surface area (Å²) in [6.45, 7) is 2.51. The molecule has 0 amide bonds. The van der Waals surface area contributed by atoms with E-state index in [4.69, 9.17) is 4.52 Å². The molecule has 0 saturated heterocycles. The number of aromatic nitrogens is 4. The summed E-state index contributed by atoms with van der Waals surface area (Å²) in [5.74, 6) is 1.29. The summed E-state index contributed by atoms with van der Waals surface area (Å²) in [5.41, 5.74) is 1.84. The molecule has 3 aromatic rings. The van der Waals surface area contributed by atoms with E-state index in [0.29, 0.717) is 24.7 Å². The Labute approximate surface area is 109 Å². The summed E-state index contributed by atoms with van der Waals surface area (Å²) in [6.07, 6.45) is 2.40. The second-order valence-corrected chi connectivity index (χ2v) is 4.19. The third-order valence-corrected chi connectivity index (χ3v) is 2.77. The molecule has 0 aliphatic heterocycles. The Morgan fingerprint density at radius 2 is 2.16 bits per heavy atom. The van der Waals surface area contributed by atoms with Gasteiger partial charge in [-0.05, 0) is 13.0 Å². The average Bonchev–Trinajstić information content (AvgIpc) is 2.85. The molecule has 0 aliphatic rings. The van der Waals surface area contributed by atoms with Gasteiger partial charge in [0, 0.05) is 18.4 Å². The third-order valence-electron chi connectivity index (χ3n) is 2.77. The van der Waals surface area contributed by atoms with Crippen molar-refractivity contribution in [3.05, 3.63) is 42.2 Å². The van der Waals surface area contributed by atoms with E-state index >= 15 is 0 Å². The van der Waals surface area contributed by atoms with Gasteiger partial charge in [0.15, 0.2) is 5.82 Å². The van der Waals surface area contributed by atoms with Crippen molar-refractivity contribution >= 4 is 16.6 Å². The van der Waals surface area contributed by atoms with Gasteiger partial charge in [0.25, 0.3) is 0 Å². The van der Waals surface area contributed by atoms with Gasteiger partial charge >= 0.3 is 0 Å². The second kappa shape index (κ2) is 5.01. The molecule has 0 bridgehead atoms. The minimum Gasteiger partial charge on any atom is -0.383 e. The fourth-order valence-corrected chi connectivity index (χ4v) is 1.89. The summed E-state index contributed by atoms with van der Waals surface area (Å²) >= 11 is 0. The summed E-state index contributed by atoms with van der Waals surface area (Å²) < 4.78 is 5.06. The minimum absolute atomic E-state index is 0.635. The summed E-state index contributed by atoms with van der Waals surface area (Å²) in [7, 11) is 0. The molecule has 1 N–H and O–H groups in total. The number of benzene rings is 1. The van der Waals surface area contributed by atoms with Gasteiger partial charge in [-0.3, -0.25) is 0 Å². The van der Waals surface area contributed by atoms with Gasteiger partial charge in [0.1, 0.15) is 0 Å². The van der Waals surface area contributed by atoms with Crippen LogP contribution in [0.15, 0.2) is 35.0 Å². The second-order valence-electron chi connectivity index (χ2n) is 4.19. The van der Waals surface area contributed by atoms with E-state index in [0.717, 1.165) is 16.6 Å². The number of nitrogens with one attached hydrogen (secondary N) is 1. The lowest BCUT2D eigenvalue weighted by Crippen LogP contribution is -2.06. The SMILES string of the molecule is Cc1noc(CCNc2cnnc3ccccc23)n1. The molecule has 3 rings (SSSR count). The number of anilines is 1. The molecule has 0 spiro atoms. The molecule has 96 valence electrons. The maximum Gasteiger partial charge on any atom is 0.228 e. The first-order chi connectivity index (χ1) is 9.33. The van der Waals surface area contributed by atoms with Crippen LogP contribution in [0.3, 0.4) is 0 Å². The predicted molar refractivity (Wildman–Crippen MR) is 70.8 cm³/mol. The van der Waals surface area contributed by atoms with Crippen LogP contribution >= 0.6 is 0 Å². The van der Waals surface area contributed by atoms with E-state index in [1.165, 1.54) is 0 Å². The highest BCUT2D eigenvalue weighted by Gasteiger charge is 2.04. The molecule has 0 fully saturated rings. The summed E-state index contributed by atoms with van der Waals surface area (Å²) in [5, 5.41) is 16.2. The molecule has 6 heteroatoms. The Kier molecular flexibility index (Phi) is 3.06. The molecule has 2 aromatic heterocycles. The van der Waals surface area contributed by atoms with Crippen molar-refractivity contribution in [2.75, 3.05) is 11.9 Å². The zero-order valence-electron chi connectivity index (χ0n) is 10.5. The van der Waals surface area contributed by atoms with Gasteiger partial charge < -0.3 is 9.84 Å². The first-order valence-corrected chi connectivity index (χ1v) is 6.06. The van der Waals surface area contributed by atoms with E-state index < -0.39 is 0 Å². The lowest BCUT2D eigenvalue weighted by molar-refractivity contribution is 0.377. The van der Waals surface area contributed by atoms with E-state index in [9.17, 15) is 0 Å². The van der Waals surface area contributed by atoms with Gasteiger partial charge in [0.05, 0.1) is 17.4 Å². The lowest BCUT2D eigenvalue weighted by atomic mass is 10.2. The van der Waals surface area contributed by atoms with Crippen molar-refractivity contribution in [3.8, 4) is 0 Å². The third kappa shape index (κ3) is 2.52. The van der Waals surface area contributed by atoms with Crippen LogP contribution in [0, 0.1) is 6.92 Å². The van der Waals surface area contributed by atoms with Gasteiger partial charge in [-0.15, -0.1) is 0 Å². The molecule has 2 heterocycles. The molecule has 0 atom stereocenters. The standard InChI is InChI=1S/C13H13N5O/c1-9-16-13(19-18-9)6-7-14-12-8-15-17-11-5-3-2-4-10(11)12/h2-5,8H,6-7H2,1H3,(H,14,17). The number of aryl methyl sites for hydroxylation is 1. The van der Waals surface area contributed by atoms with E-state index in [1.807, 2.05) is 24.3 Å². The quantitative estimate of drug-likeness (QED) is 0.768. The predicted octanol–water partition coefficient (Wildman–Crippen LogP) is 1.98. The first kappa shape index (κ1) is 11.6.